The minimum Gasteiger partial charge on any atom is -0.449 e. The molecule has 1 amide bonds. The molecule has 6 nitrogen and oxygen atoms in total. The van der Waals surface area contributed by atoms with Gasteiger partial charge in [-0.2, -0.15) is 5.26 Å². The first-order valence-corrected chi connectivity index (χ1v) is 9.74. The Morgan fingerprint density at radius 3 is 2.47 bits per heavy atom. The van der Waals surface area contributed by atoms with E-state index in [-0.39, 0.29) is 18.9 Å². The molecule has 0 bridgehead atoms. The lowest BCUT2D eigenvalue weighted by Crippen LogP contribution is -2.40. The number of carbonyl (C=O) groups excluding carboxylic acids is 2. The first-order valence-electron chi connectivity index (χ1n) is 9.74. The van der Waals surface area contributed by atoms with Gasteiger partial charge in [0.2, 0.25) is 0 Å². The van der Waals surface area contributed by atoms with Gasteiger partial charge in [-0.3, -0.25) is 9.78 Å². The van der Waals surface area contributed by atoms with Crippen LogP contribution < -0.4 is 4.90 Å². The number of aryl methyl sites for hydroxylation is 2. The molecule has 30 heavy (non-hydrogen) atoms. The second kappa shape index (κ2) is 9.19. The molecule has 152 valence electrons. The Balaban J connectivity index is 1.85. The number of fused-ring (bicyclic) bond motifs is 1. The second-order valence-electron chi connectivity index (χ2n) is 7.00. The van der Waals surface area contributed by atoms with Crippen LogP contribution in [0.2, 0.25) is 0 Å². The zero-order valence-electron chi connectivity index (χ0n) is 17.3. The van der Waals surface area contributed by atoms with Crippen LogP contribution in [0.1, 0.15) is 35.0 Å². The molecule has 0 N–H and O–H groups in total. The zero-order valence-corrected chi connectivity index (χ0v) is 17.3. The molecule has 0 aliphatic carbocycles. The van der Waals surface area contributed by atoms with Gasteiger partial charge in [0.05, 0.1) is 29.3 Å². The number of carbonyl (C=O) groups is 2. The maximum Gasteiger partial charge on any atom is 0.341 e. The standard InChI is InChI=1S/C24H23N3O3/c1-16-20-12-7-8-13-21(20)26-17(2)22(16)24(29)30-18(3)23(28)27(15-9-14-25)19-10-5-4-6-11-19/h4-8,10-13,18H,9,15H2,1-3H3. The second-order valence-corrected chi connectivity index (χ2v) is 7.00. The molecule has 1 aromatic heterocycles. The maximum atomic E-state index is 13.0. The number of para-hydroxylation sites is 2. The third kappa shape index (κ3) is 4.31. The largest absolute Gasteiger partial charge is 0.449 e. The fraction of sp³-hybridized carbons (Fsp3) is 0.250. The van der Waals surface area contributed by atoms with Crippen LogP contribution in [0.25, 0.3) is 10.9 Å². The zero-order chi connectivity index (χ0) is 21.7. The van der Waals surface area contributed by atoms with Gasteiger partial charge in [0, 0.05) is 17.6 Å². The van der Waals surface area contributed by atoms with Gasteiger partial charge < -0.3 is 9.64 Å². The molecule has 6 heteroatoms. The predicted octanol–water partition coefficient (Wildman–Crippen LogP) is 4.34. The van der Waals surface area contributed by atoms with Crippen LogP contribution in [0.5, 0.6) is 0 Å². The molecule has 1 atom stereocenters. The lowest BCUT2D eigenvalue weighted by Gasteiger charge is -2.25. The molecule has 0 spiro atoms. The van der Waals surface area contributed by atoms with Crippen LogP contribution >= 0.6 is 0 Å². The molecule has 0 saturated carbocycles. The first-order chi connectivity index (χ1) is 14.4. The highest BCUT2D eigenvalue weighted by molar-refractivity contribution is 6.01. The van der Waals surface area contributed by atoms with Crippen molar-refractivity contribution in [2.45, 2.75) is 33.3 Å². The van der Waals surface area contributed by atoms with E-state index in [1.165, 1.54) is 4.90 Å². The van der Waals surface area contributed by atoms with E-state index in [1.807, 2.05) is 49.4 Å². The molecule has 0 saturated heterocycles. The van der Waals surface area contributed by atoms with Crippen LogP contribution in [-0.2, 0) is 9.53 Å². The van der Waals surface area contributed by atoms with E-state index in [0.29, 0.717) is 16.9 Å². The molecule has 1 heterocycles. The number of nitriles is 1. The summed E-state index contributed by atoms with van der Waals surface area (Å²) in [5, 5.41) is 9.81. The molecule has 0 radical (unpaired) electrons. The monoisotopic (exact) mass is 401 g/mol. The molecule has 0 aliphatic heterocycles. The Kier molecular flexibility index (Phi) is 6.43. The van der Waals surface area contributed by atoms with Crippen molar-refractivity contribution in [3.05, 3.63) is 71.4 Å². The summed E-state index contributed by atoms with van der Waals surface area (Å²) < 4.78 is 5.54. The van der Waals surface area contributed by atoms with Crippen molar-refractivity contribution >= 4 is 28.5 Å². The molecule has 3 rings (SSSR count). The summed E-state index contributed by atoms with van der Waals surface area (Å²) in [6, 6.07) is 18.7. The van der Waals surface area contributed by atoms with Gasteiger partial charge in [-0.25, -0.2) is 4.79 Å². The van der Waals surface area contributed by atoms with E-state index in [4.69, 9.17) is 10.00 Å². The summed E-state index contributed by atoms with van der Waals surface area (Å²) in [5.74, 6) is -0.966. The van der Waals surface area contributed by atoms with Gasteiger partial charge in [0.15, 0.2) is 6.10 Å². The number of ether oxygens (including phenoxy) is 1. The number of esters is 1. The lowest BCUT2D eigenvalue weighted by atomic mass is 10.0. The van der Waals surface area contributed by atoms with E-state index in [2.05, 4.69) is 11.1 Å². The van der Waals surface area contributed by atoms with Crippen molar-refractivity contribution in [1.29, 1.82) is 5.26 Å². The smallest absolute Gasteiger partial charge is 0.341 e. The fourth-order valence-corrected chi connectivity index (χ4v) is 3.46. The third-order valence-electron chi connectivity index (χ3n) is 4.95. The molecule has 2 aromatic carbocycles. The predicted molar refractivity (Wildman–Crippen MR) is 115 cm³/mol. The van der Waals surface area contributed by atoms with E-state index >= 15 is 0 Å². The highest BCUT2D eigenvalue weighted by atomic mass is 16.5. The Morgan fingerprint density at radius 1 is 1.10 bits per heavy atom. The van der Waals surface area contributed by atoms with Crippen molar-refractivity contribution in [3.8, 4) is 6.07 Å². The molecule has 1 unspecified atom stereocenters. The number of hydrogen-bond donors (Lipinski definition) is 0. The van der Waals surface area contributed by atoms with Gasteiger partial charge in [-0.1, -0.05) is 36.4 Å². The van der Waals surface area contributed by atoms with E-state index in [0.717, 1.165) is 16.5 Å². The van der Waals surface area contributed by atoms with Gasteiger partial charge in [0.25, 0.3) is 5.91 Å². The van der Waals surface area contributed by atoms with E-state index in [9.17, 15) is 9.59 Å². The van der Waals surface area contributed by atoms with E-state index in [1.54, 1.807) is 26.0 Å². The van der Waals surface area contributed by atoms with Gasteiger partial charge in [0.1, 0.15) is 0 Å². The SMILES string of the molecule is Cc1nc2ccccc2c(C)c1C(=O)OC(C)C(=O)N(CCC#N)c1ccccc1. The van der Waals surface area contributed by atoms with Crippen molar-refractivity contribution in [2.24, 2.45) is 0 Å². The average molecular weight is 401 g/mol. The number of pyridine rings is 1. The Bertz CT molecular complexity index is 1120. The Hall–Kier alpha value is -3.72. The summed E-state index contributed by atoms with van der Waals surface area (Å²) in [6.07, 6.45) is -0.838. The summed E-state index contributed by atoms with van der Waals surface area (Å²) in [6.45, 7) is 5.37. The minimum absolute atomic E-state index is 0.175. The topological polar surface area (TPSA) is 83.3 Å². The fourth-order valence-electron chi connectivity index (χ4n) is 3.46. The van der Waals surface area contributed by atoms with Crippen LogP contribution in [0.15, 0.2) is 54.6 Å². The van der Waals surface area contributed by atoms with Crippen LogP contribution in [0.4, 0.5) is 5.69 Å². The number of rotatable bonds is 6. The summed E-state index contributed by atoms with van der Waals surface area (Å²) in [4.78, 5) is 31.9. The number of benzene rings is 2. The normalized spacial score (nSPS) is 11.5. The Labute approximate surface area is 175 Å². The van der Waals surface area contributed by atoms with Crippen molar-refractivity contribution < 1.29 is 14.3 Å². The van der Waals surface area contributed by atoms with Crippen molar-refractivity contribution in [3.63, 3.8) is 0 Å². The van der Waals surface area contributed by atoms with Crippen molar-refractivity contribution in [1.82, 2.24) is 4.98 Å². The average Bonchev–Trinajstić information content (AvgIpc) is 2.74. The first kappa shape index (κ1) is 21.0. The van der Waals surface area contributed by atoms with Crippen LogP contribution in [0.3, 0.4) is 0 Å². The Morgan fingerprint density at radius 2 is 1.77 bits per heavy atom. The van der Waals surface area contributed by atoms with Gasteiger partial charge >= 0.3 is 5.97 Å². The summed E-state index contributed by atoms with van der Waals surface area (Å²) in [7, 11) is 0. The molecule has 0 aliphatic rings. The van der Waals surface area contributed by atoms with Crippen molar-refractivity contribution in [2.75, 3.05) is 11.4 Å². The molecular weight excluding hydrogens is 378 g/mol. The lowest BCUT2D eigenvalue weighted by molar-refractivity contribution is -0.126. The number of amides is 1. The quantitative estimate of drug-likeness (QED) is 0.574. The molecule has 0 fully saturated rings. The molecule has 3 aromatic rings. The van der Waals surface area contributed by atoms with Gasteiger partial charge in [-0.15, -0.1) is 0 Å². The van der Waals surface area contributed by atoms with Crippen LogP contribution in [-0.4, -0.2) is 29.5 Å². The summed E-state index contributed by atoms with van der Waals surface area (Å²) in [5.41, 5.74) is 3.16. The maximum absolute atomic E-state index is 13.0. The highest BCUT2D eigenvalue weighted by Gasteiger charge is 2.27. The van der Waals surface area contributed by atoms with Gasteiger partial charge in [-0.05, 0) is 44.5 Å². The number of anilines is 1. The summed E-state index contributed by atoms with van der Waals surface area (Å²) >= 11 is 0. The number of nitrogens with zero attached hydrogens (tertiary/aromatic N) is 3. The van der Waals surface area contributed by atoms with E-state index < -0.39 is 12.1 Å². The number of aromatic nitrogens is 1. The third-order valence-corrected chi connectivity index (χ3v) is 4.95. The highest BCUT2D eigenvalue weighted by Crippen LogP contribution is 2.24. The minimum atomic E-state index is -1.01. The number of hydrogen-bond acceptors (Lipinski definition) is 5. The van der Waals surface area contributed by atoms with Crippen LogP contribution in [0, 0.1) is 25.2 Å². The molecular formula is C24H23N3O3.